The van der Waals surface area contributed by atoms with Gasteiger partial charge in [-0.2, -0.15) is 0 Å². The third-order valence-electron chi connectivity index (χ3n) is 1.29. The summed E-state index contributed by atoms with van der Waals surface area (Å²) < 4.78 is 0. The quantitative estimate of drug-likeness (QED) is 0.317. The van der Waals surface area contributed by atoms with Gasteiger partial charge in [-0.25, -0.2) is 4.90 Å². The molecule has 0 amide bonds. The van der Waals surface area contributed by atoms with Crippen LogP contribution in [0.2, 0.25) is 0 Å². The number of aliphatic hydroxyl groups is 3. The summed E-state index contributed by atoms with van der Waals surface area (Å²) in [6, 6.07) is 0. The van der Waals surface area contributed by atoms with E-state index in [2.05, 4.69) is 0 Å². The van der Waals surface area contributed by atoms with E-state index in [0.29, 0.717) is 0 Å². The first kappa shape index (κ1) is 15.0. The Morgan fingerprint density at radius 3 is 1.09 bits per heavy atom. The number of hydrogen-bond acceptors (Lipinski definition) is 4. The molecular weight excluding hydrogens is 173 g/mol. The summed E-state index contributed by atoms with van der Waals surface area (Å²) >= 11 is 0. The minimum Gasteiger partial charge on any atom is -1.00 e. The molecule has 0 aliphatic rings. The van der Waals surface area contributed by atoms with Crippen LogP contribution in [0.3, 0.4) is 0 Å². The van der Waals surface area contributed by atoms with Gasteiger partial charge in [-0.3, -0.25) is 0 Å². The van der Waals surface area contributed by atoms with E-state index in [1.807, 2.05) is 0 Å². The molecule has 5 heteroatoms. The molecule has 64 valence electrons. The zero-order valence-corrected chi connectivity index (χ0v) is 10.6. The van der Waals surface area contributed by atoms with Crippen LogP contribution in [-0.2, 0) is 0 Å². The summed E-state index contributed by atoms with van der Waals surface area (Å²) in [5.41, 5.74) is 0. The van der Waals surface area contributed by atoms with Crippen LogP contribution < -0.4 is 51.4 Å². The molecule has 0 fully saturated rings. The number of rotatable bonds is 3. The molecule has 0 rings (SSSR count). The summed E-state index contributed by atoms with van der Waals surface area (Å²) in [4.78, 5) is 1.17. The predicted octanol–water partition coefficient (Wildman–Crippen LogP) is -3.58. The van der Waals surface area contributed by atoms with Gasteiger partial charge in [0, 0.05) is 0 Å². The van der Waals surface area contributed by atoms with E-state index >= 15 is 0 Å². The van der Waals surface area contributed by atoms with Crippen molar-refractivity contribution in [3.8, 4) is 0 Å². The van der Waals surface area contributed by atoms with Gasteiger partial charge in [-0.1, -0.05) is 0 Å². The van der Waals surface area contributed by atoms with E-state index in [9.17, 15) is 0 Å². The van der Waals surface area contributed by atoms with Crippen molar-refractivity contribution in [3.05, 3.63) is 0 Å². The van der Waals surface area contributed by atoms with Crippen molar-refractivity contribution in [2.24, 2.45) is 0 Å². The minimum absolute atomic E-state index is 0. The molecule has 0 saturated heterocycles. The fourth-order valence-corrected chi connectivity index (χ4v) is 0.937. The Hall–Kier alpha value is 1.48. The molecule has 3 N–H and O–H groups in total. The normalized spacial score (nSPS) is 18.8. The van der Waals surface area contributed by atoms with Gasteiger partial charge in [-0.05, 0) is 20.8 Å². The monoisotopic (exact) mass is 189 g/mol. The van der Waals surface area contributed by atoms with Crippen molar-refractivity contribution >= 4 is 0 Å². The molecule has 4 nitrogen and oxygen atoms in total. The average molecular weight is 189 g/mol. The summed E-state index contributed by atoms with van der Waals surface area (Å²) in [5, 5.41) is 26.9. The van der Waals surface area contributed by atoms with Crippen LogP contribution in [0, 0.1) is 0 Å². The maximum Gasteiger partial charge on any atom is 1.00 e. The van der Waals surface area contributed by atoms with Crippen LogP contribution in [0.25, 0.3) is 0 Å². The first-order chi connectivity index (χ1) is 4.46. The molecule has 0 aliphatic carbocycles. The summed E-state index contributed by atoms with van der Waals surface area (Å²) in [6.45, 7) is 4.46. The van der Waals surface area contributed by atoms with Crippen LogP contribution in [0.1, 0.15) is 22.2 Å². The van der Waals surface area contributed by atoms with Gasteiger partial charge in [0.05, 0.1) is 0 Å². The second kappa shape index (κ2) is 6.94. The zero-order chi connectivity index (χ0) is 8.31. The first-order valence-corrected chi connectivity index (χ1v) is 3.28. The van der Waals surface area contributed by atoms with Gasteiger partial charge in [0.2, 0.25) is 0 Å². The van der Waals surface area contributed by atoms with Crippen LogP contribution in [0.5, 0.6) is 0 Å². The maximum atomic E-state index is 8.96. The van der Waals surface area contributed by atoms with E-state index in [4.69, 9.17) is 15.3 Å². The Kier molecular flexibility index (Phi) is 9.44. The van der Waals surface area contributed by atoms with Crippen molar-refractivity contribution in [2.45, 2.75) is 39.5 Å². The smallest absolute Gasteiger partial charge is 1.00 e. The van der Waals surface area contributed by atoms with E-state index < -0.39 is 18.7 Å². The Morgan fingerprint density at radius 1 is 0.909 bits per heavy atom. The van der Waals surface area contributed by atoms with Gasteiger partial charge in [0.25, 0.3) is 0 Å². The third kappa shape index (κ3) is 5.67. The summed E-state index contributed by atoms with van der Waals surface area (Å²) in [7, 11) is 0. The third-order valence-corrected chi connectivity index (χ3v) is 1.29. The minimum atomic E-state index is -0.833. The molecule has 0 aromatic rings. The number of nitrogens with zero attached hydrogens (tertiary/aromatic N) is 1. The van der Waals surface area contributed by atoms with E-state index in [1.165, 1.54) is 25.7 Å². The molecule has 3 unspecified atom stereocenters. The zero-order valence-electron chi connectivity index (χ0n) is 8.52. The largest absolute Gasteiger partial charge is 1.00 e. The van der Waals surface area contributed by atoms with Crippen molar-refractivity contribution in [1.82, 2.24) is 4.90 Å². The van der Waals surface area contributed by atoms with Gasteiger partial charge in [-0.15, -0.1) is 0 Å². The van der Waals surface area contributed by atoms with Crippen molar-refractivity contribution < 1.29 is 68.1 Å². The molecule has 0 aromatic carbocycles. The fraction of sp³-hybridized carbons (Fsp3) is 1.00. The van der Waals surface area contributed by atoms with Gasteiger partial charge < -0.3 is 16.7 Å². The summed E-state index contributed by atoms with van der Waals surface area (Å²) in [6.07, 6.45) is -2.50. The summed E-state index contributed by atoms with van der Waals surface area (Å²) in [5.74, 6) is 0. The Balaban J connectivity index is -0.000000405. The Morgan fingerprint density at radius 2 is 1.09 bits per heavy atom. The number of aliphatic hydroxyl groups excluding tert-OH is 3. The average Bonchev–Trinajstić information content (AvgIpc) is 1.59. The fourth-order valence-electron chi connectivity index (χ4n) is 0.937. The molecule has 0 aliphatic heterocycles. The van der Waals surface area contributed by atoms with Crippen LogP contribution in [0.4, 0.5) is 0 Å². The molecular formula is C6H16KNO3. The van der Waals surface area contributed by atoms with Crippen molar-refractivity contribution in [2.75, 3.05) is 0 Å². The predicted molar refractivity (Wildman–Crippen MR) is 38.0 cm³/mol. The van der Waals surface area contributed by atoms with E-state index in [0.717, 1.165) is 0 Å². The van der Waals surface area contributed by atoms with Gasteiger partial charge >= 0.3 is 51.4 Å². The molecule has 3 atom stereocenters. The second-order valence-corrected chi connectivity index (χ2v) is 2.34. The standard InChI is InChI=1S/C6H15NO3.K.H/c1-4(8)7(5(2)9)6(3)10;;/h4-6,8-10H,1-3H3;;/q;+1;-1. The topological polar surface area (TPSA) is 63.9 Å². The Bertz CT molecular complexity index is 83.8. The number of hydrogen-bond donors (Lipinski definition) is 3. The molecule has 0 aromatic heterocycles. The maximum absolute atomic E-state index is 8.96. The first-order valence-electron chi connectivity index (χ1n) is 3.28. The molecule has 11 heavy (non-hydrogen) atoms. The van der Waals surface area contributed by atoms with Crippen LogP contribution in [0.15, 0.2) is 0 Å². The van der Waals surface area contributed by atoms with Crippen LogP contribution >= 0.6 is 0 Å². The van der Waals surface area contributed by atoms with Gasteiger partial charge in [0.15, 0.2) is 0 Å². The molecule has 0 spiro atoms. The van der Waals surface area contributed by atoms with Crippen molar-refractivity contribution in [1.29, 1.82) is 0 Å². The van der Waals surface area contributed by atoms with Crippen LogP contribution in [-0.4, -0.2) is 38.9 Å². The Labute approximate surface area is 111 Å². The van der Waals surface area contributed by atoms with Crippen molar-refractivity contribution in [3.63, 3.8) is 0 Å². The SMILES string of the molecule is CC(O)N(C(C)O)C(C)O.[H-].[K+]. The van der Waals surface area contributed by atoms with E-state index in [-0.39, 0.29) is 52.8 Å². The molecule has 0 heterocycles. The second-order valence-electron chi connectivity index (χ2n) is 2.34. The molecule has 0 saturated carbocycles. The molecule has 0 bridgehead atoms. The van der Waals surface area contributed by atoms with Gasteiger partial charge in [0.1, 0.15) is 18.7 Å². The molecule has 0 radical (unpaired) electrons. The van der Waals surface area contributed by atoms with E-state index in [1.54, 1.807) is 0 Å².